The van der Waals surface area contributed by atoms with E-state index in [1.54, 1.807) is 24.2 Å². The van der Waals surface area contributed by atoms with Gasteiger partial charge in [-0.1, -0.05) is 35.5 Å². The molecule has 22 heavy (non-hydrogen) atoms. The fourth-order valence-corrected chi connectivity index (χ4v) is 3.33. The normalized spacial score (nSPS) is 10.8. The second-order valence-corrected chi connectivity index (χ2v) is 6.08. The number of benzene rings is 1. The van der Waals surface area contributed by atoms with Gasteiger partial charge in [0.05, 0.1) is 0 Å². The average molecular weight is 331 g/mol. The highest BCUT2D eigenvalue weighted by Crippen LogP contribution is 2.26. The highest BCUT2D eigenvalue weighted by atomic mass is 35.5. The molecule has 112 valence electrons. The lowest BCUT2D eigenvalue weighted by Gasteiger charge is -2.07. The van der Waals surface area contributed by atoms with Crippen molar-refractivity contribution in [3.63, 3.8) is 0 Å². The minimum Gasteiger partial charge on any atom is -0.302 e. The molecule has 3 aromatic rings. The number of pyridine rings is 1. The fourth-order valence-electron chi connectivity index (χ4n) is 2.17. The lowest BCUT2D eigenvalue weighted by molar-refractivity contribution is 0.687. The Hall–Kier alpha value is -1.85. The summed E-state index contributed by atoms with van der Waals surface area (Å²) in [5, 5.41) is 10.3. The maximum atomic E-state index is 6.02. The largest absolute Gasteiger partial charge is 0.302 e. The van der Waals surface area contributed by atoms with Gasteiger partial charge >= 0.3 is 0 Å². The molecule has 0 aliphatic carbocycles. The van der Waals surface area contributed by atoms with Crippen LogP contribution < -0.4 is 0 Å². The van der Waals surface area contributed by atoms with Crippen molar-refractivity contribution < 1.29 is 0 Å². The number of rotatable bonds is 5. The summed E-state index contributed by atoms with van der Waals surface area (Å²) in [6, 6.07) is 11.8. The van der Waals surface area contributed by atoms with Crippen molar-refractivity contribution >= 4 is 23.4 Å². The molecule has 2 heterocycles. The second-order valence-electron chi connectivity index (χ2n) is 4.70. The van der Waals surface area contributed by atoms with Crippen molar-refractivity contribution in [2.75, 3.05) is 0 Å². The molecule has 0 N–H and O–H groups in total. The highest BCUT2D eigenvalue weighted by Gasteiger charge is 2.13. The molecule has 4 nitrogen and oxygen atoms in total. The van der Waals surface area contributed by atoms with Crippen LogP contribution in [0.15, 0.2) is 53.9 Å². The van der Waals surface area contributed by atoms with Crippen LogP contribution in [0.1, 0.15) is 12.5 Å². The van der Waals surface area contributed by atoms with Gasteiger partial charge in [-0.15, -0.1) is 10.2 Å². The summed E-state index contributed by atoms with van der Waals surface area (Å²) in [6.07, 6.45) is 3.53. The first-order valence-electron chi connectivity index (χ1n) is 6.98. The Morgan fingerprint density at radius 1 is 1.14 bits per heavy atom. The molecule has 3 rings (SSSR count). The van der Waals surface area contributed by atoms with E-state index in [2.05, 4.69) is 32.7 Å². The summed E-state index contributed by atoms with van der Waals surface area (Å²) in [5.41, 5.74) is 2.20. The minimum atomic E-state index is 0.757. The van der Waals surface area contributed by atoms with Crippen LogP contribution in [0, 0.1) is 0 Å². The van der Waals surface area contributed by atoms with Gasteiger partial charge in [0, 0.05) is 35.3 Å². The van der Waals surface area contributed by atoms with Crippen LogP contribution in [0.5, 0.6) is 0 Å². The lowest BCUT2D eigenvalue weighted by Crippen LogP contribution is -1.99. The van der Waals surface area contributed by atoms with E-state index in [4.69, 9.17) is 11.6 Å². The van der Waals surface area contributed by atoms with E-state index in [-0.39, 0.29) is 0 Å². The topological polar surface area (TPSA) is 43.6 Å². The molecule has 0 radical (unpaired) electrons. The zero-order valence-corrected chi connectivity index (χ0v) is 13.7. The molecule has 0 aliphatic rings. The summed E-state index contributed by atoms with van der Waals surface area (Å²) in [7, 11) is 0. The Labute approximate surface area is 138 Å². The van der Waals surface area contributed by atoms with Crippen molar-refractivity contribution in [2.45, 2.75) is 24.4 Å². The highest BCUT2D eigenvalue weighted by molar-refractivity contribution is 7.98. The molecule has 0 unspecified atom stereocenters. The average Bonchev–Trinajstić information content (AvgIpc) is 2.97. The van der Waals surface area contributed by atoms with Crippen molar-refractivity contribution in [1.82, 2.24) is 19.7 Å². The van der Waals surface area contributed by atoms with Gasteiger partial charge in [-0.3, -0.25) is 4.98 Å². The summed E-state index contributed by atoms with van der Waals surface area (Å²) in [5.74, 6) is 1.69. The molecule has 0 saturated heterocycles. The van der Waals surface area contributed by atoms with Crippen molar-refractivity contribution in [3.05, 3.63) is 59.4 Å². The lowest BCUT2D eigenvalue weighted by atomic mass is 10.2. The predicted octanol–water partition coefficient (Wildman–Crippen LogP) is 4.31. The van der Waals surface area contributed by atoms with Crippen LogP contribution in [0.2, 0.25) is 5.02 Å². The third kappa shape index (κ3) is 3.31. The van der Waals surface area contributed by atoms with Crippen molar-refractivity contribution in [1.29, 1.82) is 0 Å². The van der Waals surface area contributed by atoms with Crippen molar-refractivity contribution in [2.24, 2.45) is 0 Å². The molecule has 0 atom stereocenters. The summed E-state index contributed by atoms with van der Waals surface area (Å²) >= 11 is 7.68. The molecule has 1 aromatic carbocycles. The third-order valence-corrected chi connectivity index (χ3v) is 4.50. The predicted molar refractivity (Wildman–Crippen MR) is 89.9 cm³/mol. The smallest absolute Gasteiger partial charge is 0.191 e. The first-order valence-corrected chi connectivity index (χ1v) is 8.35. The van der Waals surface area contributed by atoms with E-state index in [0.717, 1.165) is 33.9 Å². The van der Waals surface area contributed by atoms with E-state index in [1.165, 1.54) is 5.56 Å². The van der Waals surface area contributed by atoms with E-state index >= 15 is 0 Å². The Kier molecular flexibility index (Phi) is 4.75. The van der Waals surface area contributed by atoms with Gasteiger partial charge in [-0.2, -0.15) is 0 Å². The molecular weight excluding hydrogens is 316 g/mol. The minimum absolute atomic E-state index is 0.757. The van der Waals surface area contributed by atoms with Gasteiger partial charge in [-0.05, 0) is 36.8 Å². The summed E-state index contributed by atoms with van der Waals surface area (Å²) < 4.78 is 2.12. The Balaban J connectivity index is 1.81. The van der Waals surface area contributed by atoms with Gasteiger partial charge in [0.2, 0.25) is 0 Å². The fraction of sp³-hybridized carbons (Fsp3) is 0.188. The molecule has 0 saturated carbocycles. The van der Waals surface area contributed by atoms with Crippen LogP contribution in [-0.2, 0) is 12.3 Å². The Morgan fingerprint density at radius 3 is 2.68 bits per heavy atom. The van der Waals surface area contributed by atoms with Crippen molar-refractivity contribution in [3.8, 4) is 11.4 Å². The van der Waals surface area contributed by atoms with E-state index < -0.39 is 0 Å². The number of hydrogen-bond donors (Lipinski definition) is 0. The summed E-state index contributed by atoms with van der Waals surface area (Å²) in [4.78, 5) is 4.04. The van der Waals surface area contributed by atoms with Gasteiger partial charge < -0.3 is 4.57 Å². The molecular formula is C16H15ClN4S. The molecule has 0 bridgehead atoms. The molecule has 0 aliphatic heterocycles. The number of nitrogens with zero attached hydrogens (tertiary/aromatic N) is 4. The molecule has 6 heteroatoms. The van der Waals surface area contributed by atoms with E-state index in [0.29, 0.717) is 0 Å². The maximum Gasteiger partial charge on any atom is 0.191 e. The van der Waals surface area contributed by atoms with Gasteiger partial charge in [0.15, 0.2) is 11.0 Å². The first kappa shape index (κ1) is 15.1. The second kappa shape index (κ2) is 6.94. The Bertz CT molecular complexity index is 758. The van der Waals surface area contributed by atoms with E-state index in [9.17, 15) is 0 Å². The zero-order chi connectivity index (χ0) is 15.4. The van der Waals surface area contributed by atoms with E-state index in [1.807, 2.05) is 30.3 Å². The van der Waals surface area contributed by atoms with Crippen LogP contribution >= 0.6 is 23.4 Å². The van der Waals surface area contributed by atoms with Crippen LogP contribution in [-0.4, -0.2) is 19.7 Å². The number of halogens is 1. The standard InChI is InChI=1S/C16H15ClN4S/c1-2-21-15(13-6-8-18-9-7-13)19-20-16(21)22-11-12-4-3-5-14(17)10-12/h3-10H,2,11H2,1H3. The van der Waals surface area contributed by atoms with Crippen LogP contribution in [0.25, 0.3) is 11.4 Å². The first-order chi connectivity index (χ1) is 10.8. The maximum absolute atomic E-state index is 6.02. The van der Waals surface area contributed by atoms with Gasteiger partial charge in [-0.25, -0.2) is 0 Å². The van der Waals surface area contributed by atoms with Gasteiger partial charge in [0.1, 0.15) is 0 Å². The molecule has 2 aromatic heterocycles. The van der Waals surface area contributed by atoms with Crippen LogP contribution in [0.3, 0.4) is 0 Å². The number of hydrogen-bond acceptors (Lipinski definition) is 4. The molecule has 0 amide bonds. The third-order valence-electron chi connectivity index (χ3n) is 3.23. The zero-order valence-electron chi connectivity index (χ0n) is 12.1. The van der Waals surface area contributed by atoms with Gasteiger partial charge in [0.25, 0.3) is 0 Å². The Morgan fingerprint density at radius 2 is 1.95 bits per heavy atom. The molecule has 0 fully saturated rings. The monoisotopic (exact) mass is 330 g/mol. The molecule has 0 spiro atoms. The number of thioether (sulfide) groups is 1. The number of aromatic nitrogens is 4. The summed E-state index contributed by atoms with van der Waals surface area (Å²) in [6.45, 7) is 2.92. The van der Waals surface area contributed by atoms with Crippen LogP contribution in [0.4, 0.5) is 0 Å². The SMILES string of the molecule is CCn1c(SCc2cccc(Cl)c2)nnc1-c1ccncc1. The quantitative estimate of drug-likeness (QED) is 0.654.